The van der Waals surface area contributed by atoms with Crippen molar-refractivity contribution in [2.75, 3.05) is 45.9 Å². The van der Waals surface area contributed by atoms with Gasteiger partial charge in [-0.25, -0.2) is 13.5 Å². The molecule has 3 amide bonds. The zero-order chi connectivity index (χ0) is 45.0. The Morgan fingerprint density at radius 3 is 2.10 bits per heavy atom. The first-order chi connectivity index (χ1) is 30.0. The molecule has 63 heavy (non-hydrogen) atoms. The molecule has 1 unspecified atom stereocenters. The zero-order valence-corrected chi connectivity index (χ0v) is 38.4. The first-order valence-corrected chi connectivity index (χ1v) is 25.7. The number of nitrogens with one attached hydrogen (secondary N) is 2. The molecule has 0 aromatic rings. The van der Waals surface area contributed by atoms with E-state index >= 15 is 4.79 Å². The Morgan fingerprint density at radius 2 is 1.49 bits per heavy atom. The number of halogens is 2. The fraction of sp³-hybridized carbons (Fsp3) is 0.851. The van der Waals surface area contributed by atoms with Crippen LogP contribution in [0.3, 0.4) is 0 Å². The predicted molar refractivity (Wildman–Crippen MR) is 231 cm³/mol. The number of nitrogens with zero attached hydrogens (tertiary/aromatic N) is 3. The monoisotopic (exact) mass is 903 g/mol. The van der Waals surface area contributed by atoms with Crippen LogP contribution in [-0.4, -0.2) is 122 Å². The van der Waals surface area contributed by atoms with Gasteiger partial charge in [0, 0.05) is 57.0 Å². The third-order valence-electron chi connectivity index (χ3n) is 18.1. The number of likely N-dealkylation sites (tertiary alicyclic amines) is 2. The second-order valence-corrected chi connectivity index (χ2v) is 22.9. The van der Waals surface area contributed by atoms with Crippen LogP contribution in [0.1, 0.15) is 136 Å². The van der Waals surface area contributed by atoms with Gasteiger partial charge in [-0.2, -0.15) is 12.7 Å². The molecule has 8 fully saturated rings. The summed E-state index contributed by atoms with van der Waals surface area (Å²) in [7, 11) is -4.10. The smallest absolute Gasteiger partial charge is 0.303 e. The van der Waals surface area contributed by atoms with Crippen molar-refractivity contribution in [1.29, 1.82) is 0 Å². The Kier molecular flexibility index (Phi) is 13.4. The first-order valence-electron chi connectivity index (χ1n) is 24.2. The zero-order valence-electron chi connectivity index (χ0n) is 37.6. The molecule has 4 saturated heterocycles. The van der Waals surface area contributed by atoms with E-state index in [2.05, 4.69) is 30.5 Å². The summed E-state index contributed by atoms with van der Waals surface area (Å²) in [4.78, 5) is 76.8. The fourth-order valence-electron chi connectivity index (χ4n) is 13.9. The second-order valence-electron chi connectivity index (χ2n) is 21.2. The maximum absolute atomic E-state index is 15.6. The van der Waals surface area contributed by atoms with Crippen LogP contribution in [0.2, 0.25) is 0 Å². The van der Waals surface area contributed by atoms with E-state index in [4.69, 9.17) is 4.74 Å². The molecular weight excluding hydrogens is 833 g/mol. The number of alkyl halides is 2. The van der Waals surface area contributed by atoms with Crippen molar-refractivity contribution in [1.82, 2.24) is 24.1 Å². The van der Waals surface area contributed by atoms with E-state index in [0.717, 1.165) is 64.2 Å². The van der Waals surface area contributed by atoms with Crippen molar-refractivity contribution in [3.63, 3.8) is 0 Å². The van der Waals surface area contributed by atoms with Crippen molar-refractivity contribution in [2.45, 2.75) is 160 Å². The van der Waals surface area contributed by atoms with Gasteiger partial charge in [0.2, 0.25) is 17.7 Å². The van der Waals surface area contributed by atoms with Crippen LogP contribution >= 0.6 is 0 Å². The van der Waals surface area contributed by atoms with Gasteiger partial charge < -0.3 is 15.0 Å². The van der Waals surface area contributed by atoms with Crippen molar-refractivity contribution in [2.24, 2.45) is 45.3 Å². The van der Waals surface area contributed by atoms with E-state index in [1.807, 2.05) is 0 Å². The molecule has 7 atom stereocenters. The van der Waals surface area contributed by atoms with Crippen LogP contribution in [0, 0.1) is 45.3 Å². The van der Waals surface area contributed by atoms with E-state index in [1.165, 1.54) is 9.21 Å². The summed E-state index contributed by atoms with van der Waals surface area (Å²) in [5.74, 6) is -3.45. The average Bonchev–Trinajstić information content (AvgIpc) is 3.70. The number of rotatable bonds is 17. The Bertz CT molecular complexity index is 1890. The molecule has 4 aliphatic heterocycles. The van der Waals surface area contributed by atoms with Crippen molar-refractivity contribution < 1.29 is 45.9 Å². The number of ketones is 2. The largest absolute Gasteiger partial charge is 0.381 e. The summed E-state index contributed by atoms with van der Waals surface area (Å²) in [6, 6.07) is -2.49. The van der Waals surface area contributed by atoms with Gasteiger partial charge in [0.05, 0.1) is 30.1 Å². The molecule has 2 spiro atoms. The number of ether oxygens (including phenoxy) is 1. The molecule has 8 rings (SSSR count). The average molecular weight is 904 g/mol. The van der Waals surface area contributed by atoms with Crippen LogP contribution < -0.4 is 10.0 Å². The van der Waals surface area contributed by atoms with Crippen molar-refractivity contribution in [3.05, 3.63) is 12.7 Å². The molecule has 13 nitrogen and oxygen atoms in total. The Morgan fingerprint density at radius 1 is 0.825 bits per heavy atom. The number of Topliss-reactive ketones (excluding diaryl/α,β-unsaturated/α-hetero) is 2. The van der Waals surface area contributed by atoms with E-state index in [1.54, 1.807) is 11.0 Å². The van der Waals surface area contributed by atoms with Gasteiger partial charge in [-0.3, -0.25) is 28.9 Å². The molecular formula is C47H71F2N5O8S. The SMILES string of the molecule is C=C[C@@H]1C[C@]1(CC(=O)[C@@H]1C[C@@]2(CN1C(=O)[C@@H](CC(=O)C(NC(=O)[C@@H]1CCCCN1CC(F)F)C1CCCCC1)C1CCOCC1)C(C)(C)C21CCC1)C(=O)NS(=O)(=O)N1CCCC1. The molecule has 16 heteroatoms. The second kappa shape index (κ2) is 18.1. The third-order valence-corrected chi connectivity index (χ3v) is 19.6. The topological polar surface area (TPSA) is 162 Å². The molecule has 8 aliphatic rings. The van der Waals surface area contributed by atoms with Crippen molar-refractivity contribution >= 4 is 39.5 Å². The number of allylic oxidation sites excluding steroid dienone is 1. The predicted octanol–water partition coefficient (Wildman–Crippen LogP) is 5.58. The number of hydrogen-bond acceptors (Lipinski definition) is 9. The summed E-state index contributed by atoms with van der Waals surface area (Å²) in [5, 5.41) is 3.08. The first kappa shape index (κ1) is 46.7. The molecule has 0 aromatic heterocycles. The maximum Gasteiger partial charge on any atom is 0.303 e. The number of amides is 3. The quantitative estimate of drug-likeness (QED) is 0.178. The minimum atomic E-state index is -4.10. The lowest BCUT2D eigenvalue weighted by molar-refractivity contribution is -0.146. The van der Waals surface area contributed by atoms with Crippen LogP contribution in [0.5, 0.6) is 0 Å². The lowest BCUT2D eigenvalue weighted by Crippen LogP contribution is -2.56. The van der Waals surface area contributed by atoms with Gasteiger partial charge in [-0.1, -0.05) is 52.0 Å². The number of fused-ring (bicyclic) bond motifs is 1. The summed E-state index contributed by atoms with van der Waals surface area (Å²) >= 11 is 0. The molecule has 4 saturated carbocycles. The third kappa shape index (κ3) is 8.47. The highest BCUT2D eigenvalue weighted by molar-refractivity contribution is 7.87. The van der Waals surface area contributed by atoms with E-state index in [9.17, 15) is 36.4 Å². The Balaban J connectivity index is 1.07. The molecule has 0 aromatic carbocycles. The summed E-state index contributed by atoms with van der Waals surface area (Å²) < 4.78 is 63.1. The van der Waals surface area contributed by atoms with Crippen molar-refractivity contribution in [3.8, 4) is 0 Å². The van der Waals surface area contributed by atoms with Crippen LogP contribution in [0.4, 0.5) is 8.78 Å². The summed E-state index contributed by atoms with van der Waals surface area (Å²) in [6.45, 7) is 10.1. The lowest BCUT2D eigenvalue weighted by atomic mass is 9.73. The lowest BCUT2D eigenvalue weighted by Gasteiger charge is -2.38. The Hall–Kier alpha value is -2.82. The standard InChI is InChI=1S/C47H71F2N5O8S/c1-4-33-26-45(33,43(59)51-63(60,61)53-21-10-11-22-53)28-38(56)36-27-47(44(2,3)46(47)18-12-19-46)30-54(36)42(58)34(31-16-23-62-24-17-31)25-37(55)40(32-13-6-5-7-14-32)50-41(57)35-15-8-9-20-52(35)29-39(48)49/h4,31-36,39-40H,1,5-30H2,2-3H3,(H,50,57)(H,51,59)/t33-,34+,35+,36+,40?,45-,47-/m1/s1. The molecule has 0 radical (unpaired) electrons. The highest BCUT2D eigenvalue weighted by Crippen LogP contribution is 2.88. The van der Waals surface area contributed by atoms with Crippen LogP contribution in [0.25, 0.3) is 0 Å². The normalized spacial score (nSPS) is 33.2. The maximum atomic E-state index is 15.6. The van der Waals surface area contributed by atoms with Gasteiger partial charge in [0.15, 0.2) is 11.6 Å². The van der Waals surface area contributed by atoms with E-state index in [0.29, 0.717) is 77.9 Å². The van der Waals surface area contributed by atoms with Gasteiger partial charge in [0.25, 0.3) is 6.43 Å². The highest BCUT2D eigenvalue weighted by Gasteiger charge is 2.85. The fourth-order valence-corrected chi connectivity index (χ4v) is 15.2. The van der Waals surface area contributed by atoms with Crippen LogP contribution in [0.15, 0.2) is 12.7 Å². The van der Waals surface area contributed by atoms with Gasteiger partial charge in [0.1, 0.15) is 0 Å². The Labute approximate surface area is 372 Å². The van der Waals surface area contributed by atoms with Gasteiger partial charge in [-0.15, -0.1) is 6.58 Å². The molecule has 4 heterocycles. The van der Waals surface area contributed by atoms with E-state index < -0.39 is 70.4 Å². The summed E-state index contributed by atoms with van der Waals surface area (Å²) in [5.41, 5.74) is -1.79. The van der Waals surface area contributed by atoms with E-state index in [-0.39, 0.29) is 64.8 Å². The number of carbonyl (C=O) groups is 5. The number of piperidine rings is 1. The molecule has 0 bridgehead atoms. The number of carbonyl (C=O) groups excluding carboxylic acids is 5. The van der Waals surface area contributed by atoms with Gasteiger partial charge in [-0.05, 0) is 112 Å². The highest BCUT2D eigenvalue weighted by atomic mass is 32.2. The molecule has 352 valence electrons. The van der Waals surface area contributed by atoms with Gasteiger partial charge >= 0.3 is 10.2 Å². The number of hydrogen-bond donors (Lipinski definition) is 2. The minimum absolute atomic E-state index is 0.0205. The minimum Gasteiger partial charge on any atom is -0.381 e. The molecule has 4 aliphatic carbocycles. The summed E-state index contributed by atoms with van der Waals surface area (Å²) in [6.07, 6.45) is 11.2. The molecule has 2 N–H and O–H groups in total. The van der Waals surface area contributed by atoms with Crippen LogP contribution in [-0.2, 0) is 38.9 Å².